The molecule has 210 valence electrons. The van der Waals surface area contributed by atoms with Gasteiger partial charge in [-0.15, -0.1) is 0 Å². The summed E-state index contributed by atoms with van der Waals surface area (Å²) in [7, 11) is 0. The number of Topliss-reactive ketones (excluding diaryl/α,β-unsaturated/α-hetero) is 1. The Morgan fingerprint density at radius 3 is 2.46 bits per heavy atom. The predicted molar refractivity (Wildman–Crippen MR) is 143 cm³/mol. The average molecular weight is 544 g/mol. The van der Waals surface area contributed by atoms with Crippen LogP contribution in [-0.4, -0.2) is 28.1 Å². The van der Waals surface area contributed by atoms with Gasteiger partial charge in [-0.05, 0) is 92.9 Å². The summed E-state index contributed by atoms with van der Waals surface area (Å²) in [6.45, 7) is 5.93. The van der Waals surface area contributed by atoms with Gasteiger partial charge in [-0.2, -0.15) is 18.2 Å². The summed E-state index contributed by atoms with van der Waals surface area (Å²) in [6, 6.07) is 12.8. The lowest BCUT2D eigenvalue weighted by Gasteiger charge is -2.24. The van der Waals surface area contributed by atoms with Crippen molar-refractivity contribution in [1.82, 2.24) is 10.1 Å². The van der Waals surface area contributed by atoms with Gasteiger partial charge in [0.15, 0.2) is 11.4 Å². The predicted octanol–water partition coefficient (Wildman–Crippen LogP) is 7.21. The van der Waals surface area contributed by atoms with Crippen molar-refractivity contribution in [2.45, 2.75) is 84.0 Å². The topological polar surface area (TPSA) is 68.5 Å². The molecular formula is C30H36F3N3O3. The van der Waals surface area contributed by atoms with Gasteiger partial charge in [-0.3, -0.25) is 4.79 Å². The summed E-state index contributed by atoms with van der Waals surface area (Å²) >= 11 is 0. The molecule has 39 heavy (non-hydrogen) atoms. The summed E-state index contributed by atoms with van der Waals surface area (Å²) in [5, 5.41) is 4.22. The van der Waals surface area contributed by atoms with Crippen LogP contribution in [0.3, 0.4) is 0 Å². The number of nitrogens with zero attached hydrogens (tertiary/aromatic N) is 3. The molecule has 1 fully saturated rings. The van der Waals surface area contributed by atoms with Gasteiger partial charge in [0, 0.05) is 19.5 Å². The molecule has 1 heterocycles. The Kier molecular flexibility index (Phi) is 8.97. The van der Waals surface area contributed by atoms with Crippen molar-refractivity contribution in [3.05, 3.63) is 71.1 Å². The molecule has 1 aliphatic carbocycles. The van der Waals surface area contributed by atoms with Crippen molar-refractivity contribution in [2.24, 2.45) is 5.92 Å². The Bertz CT molecular complexity index is 1230. The first-order valence-corrected chi connectivity index (χ1v) is 13.5. The lowest BCUT2D eigenvalue weighted by molar-refractivity contribution is -0.137. The van der Waals surface area contributed by atoms with Crippen LogP contribution in [0.2, 0.25) is 0 Å². The molecular weight excluding hydrogens is 507 g/mol. The Balaban J connectivity index is 1.44. The van der Waals surface area contributed by atoms with E-state index in [-0.39, 0.29) is 5.78 Å². The van der Waals surface area contributed by atoms with Crippen molar-refractivity contribution in [2.75, 3.05) is 11.4 Å². The Labute approximate surface area is 227 Å². The van der Waals surface area contributed by atoms with Crippen LogP contribution < -0.4 is 9.64 Å². The second-order valence-electron chi connectivity index (χ2n) is 10.9. The highest BCUT2D eigenvalue weighted by molar-refractivity contribution is 5.84. The highest BCUT2D eigenvalue weighted by Gasteiger charge is 2.30. The van der Waals surface area contributed by atoms with E-state index < -0.39 is 17.3 Å². The number of anilines is 1. The van der Waals surface area contributed by atoms with Crippen LogP contribution in [0.15, 0.2) is 53.1 Å². The molecule has 0 unspecified atom stereocenters. The van der Waals surface area contributed by atoms with Gasteiger partial charge in [-0.1, -0.05) is 37.1 Å². The lowest BCUT2D eigenvalue weighted by atomic mass is 10.0. The van der Waals surface area contributed by atoms with Crippen LogP contribution in [0.5, 0.6) is 5.75 Å². The monoisotopic (exact) mass is 543 g/mol. The minimum Gasteiger partial charge on any atom is -0.480 e. The van der Waals surface area contributed by atoms with Gasteiger partial charge in [-0.25, -0.2) is 0 Å². The van der Waals surface area contributed by atoms with Crippen molar-refractivity contribution in [1.29, 1.82) is 0 Å². The second-order valence-corrected chi connectivity index (χ2v) is 10.9. The third kappa shape index (κ3) is 8.07. The number of alkyl halides is 3. The molecule has 4 rings (SSSR count). The Morgan fingerprint density at radius 2 is 1.79 bits per heavy atom. The zero-order valence-electron chi connectivity index (χ0n) is 22.8. The molecule has 0 aliphatic heterocycles. The van der Waals surface area contributed by atoms with Crippen molar-refractivity contribution in [3.8, 4) is 5.75 Å². The number of aromatic nitrogens is 2. The SMILES string of the molecule is CC(=O)C(C)(C)Oc1cccc(CCCN(Cc2ccc(C(F)(F)F)cc2)c2noc(CC3CCCC3)n2)c1. The summed E-state index contributed by atoms with van der Waals surface area (Å²) in [6.07, 6.45) is 2.64. The molecule has 9 heteroatoms. The quantitative estimate of drug-likeness (QED) is 0.241. The van der Waals surface area contributed by atoms with Gasteiger partial charge in [0.25, 0.3) is 5.95 Å². The molecule has 1 aromatic heterocycles. The van der Waals surface area contributed by atoms with E-state index >= 15 is 0 Å². The van der Waals surface area contributed by atoms with Gasteiger partial charge < -0.3 is 14.2 Å². The summed E-state index contributed by atoms with van der Waals surface area (Å²) in [5.41, 5.74) is 0.195. The standard InChI is InChI=1S/C30H36F3N3O3/c1-21(37)29(2,3)38-26-12-6-10-22(18-26)11-7-17-36(20-24-13-15-25(16-14-24)30(31,32)33)28-34-27(39-35-28)19-23-8-4-5-9-23/h6,10,12-16,18,23H,4-5,7-9,11,17,19-20H2,1-3H3. The zero-order chi connectivity index (χ0) is 28.0. The van der Waals surface area contributed by atoms with Gasteiger partial charge in [0.2, 0.25) is 5.89 Å². The molecule has 2 aromatic carbocycles. The highest BCUT2D eigenvalue weighted by Crippen LogP contribution is 2.30. The molecule has 6 nitrogen and oxygen atoms in total. The normalized spacial score (nSPS) is 14.5. The van der Waals surface area contributed by atoms with Crippen molar-refractivity contribution in [3.63, 3.8) is 0 Å². The van der Waals surface area contributed by atoms with Crippen LogP contribution in [0.1, 0.15) is 75.5 Å². The summed E-state index contributed by atoms with van der Waals surface area (Å²) in [4.78, 5) is 18.4. The molecule has 0 N–H and O–H groups in total. The van der Waals surface area contributed by atoms with E-state index in [9.17, 15) is 18.0 Å². The number of benzene rings is 2. The molecule has 0 amide bonds. The van der Waals surface area contributed by atoms with Gasteiger partial charge >= 0.3 is 6.18 Å². The first-order chi connectivity index (χ1) is 18.5. The smallest absolute Gasteiger partial charge is 0.416 e. The molecule has 0 atom stereocenters. The molecule has 1 aliphatic rings. The maximum atomic E-state index is 13.0. The molecule has 0 spiro atoms. The first kappa shape index (κ1) is 28.6. The van der Waals surface area contributed by atoms with Crippen LogP contribution in [-0.2, 0) is 30.4 Å². The minimum atomic E-state index is -4.38. The molecule has 0 saturated heterocycles. The van der Waals surface area contributed by atoms with E-state index in [2.05, 4.69) is 10.1 Å². The maximum absolute atomic E-state index is 13.0. The second kappa shape index (κ2) is 12.2. The fourth-order valence-electron chi connectivity index (χ4n) is 4.79. The van der Waals surface area contributed by atoms with E-state index in [0.29, 0.717) is 36.6 Å². The number of rotatable bonds is 12. The number of hydrogen-bond donors (Lipinski definition) is 0. The number of hydrogen-bond acceptors (Lipinski definition) is 6. The summed E-state index contributed by atoms with van der Waals surface area (Å²) < 4.78 is 50.6. The Morgan fingerprint density at radius 1 is 1.08 bits per heavy atom. The third-order valence-electron chi connectivity index (χ3n) is 7.35. The van der Waals surface area contributed by atoms with E-state index in [4.69, 9.17) is 9.26 Å². The maximum Gasteiger partial charge on any atom is 0.416 e. The number of ether oxygens (including phenoxy) is 1. The van der Waals surface area contributed by atoms with Crippen LogP contribution in [0, 0.1) is 5.92 Å². The fraction of sp³-hybridized carbons (Fsp3) is 0.500. The van der Waals surface area contributed by atoms with Gasteiger partial charge in [0.05, 0.1) is 5.56 Å². The lowest BCUT2D eigenvalue weighted by Crippen LogP contribution is -2.36. The van der Waals surface area contributed by atoms with E-state index in [0.717, 1.165) is 42.5 Å². The molecule has 1 saturated carbocycles. The summed E-state index contributed by atoms with van der Waals surface area (Å²) in [5.74, 6) is 2.18. The Hall–Kier alpha value is -3.36. The number of aryl methyl sites for hydroxylation is 1. The van der Waals surface area contributed by atoms with Crippen LogP contribution in [0.4, 0.5) is 19.1 Å². The number of carbonyl (C=O) groups excluding carboxylic acids is 1. The van der Waals surface area contributed by atoms with Crippen LogP contribution in [0.25, 0.3) is 0 Å². The molecule has 0 radical (unpaired) electrons. The average Bonchev–Trinajstić information content (AvgIpc) is 3.56. The first-order valence-electron chi connectivity index (χ1n) is 13.5. The third-order valence-corrected chi connectivity index (χ3v) is 7.35. The zero-order valence-corrected chi connectivity index (χ0v) is 22.8. The molecule has 3 aromatic rings. The van der Waals surface area contributed by atoms with E-state index in [1.807, 2.05) is 29.2 Å². The number of halogens is 3. The number of ketones is 1. The van der Waals surface area contributed by atoms with E-state index in [1.165, 1.54) is 44.7 Å². The fourth-order valence-corrected chi connectivity index (χ4v) is 4.79. The van der Waals surface area contributed by atoms with E-state index in [1.54, 1.807) is 13.8 Å². The van der Waals surface area contributed by atoms with Crippen LogP contribution >= 0.6 is 0 Å². The van der Waals surface area contributed by atoms with Crippen molar-refractivity contribution < 1.29 is 27.2 Å². The highest BCUT2D eigenvalue weighted by atomic mass is 19.4. The number of carbonyl (C=O) groups is 1. The largest absolute Gasteiger partial charge is 0.480 e. The van der Waals surface area contributed by atoms with Gasteiger partial charge in [0.1, 0.15) is 5.75 Å². The minimum absolute atomic E-state index is 0.0563. The molecule has 0 bridgehead atoms. The van der Waals surface area contributed by atoms with Crippen molar-refractivity contribution >= 4 is 11.7 Å².